The number of hydrogen-bond donors (Lipinski definition) is 0. The van der Waals surface area contributed by atoms with Gasteiger partial charge in [0.15, 0.2) is 0 Å². The van der Waals surface area contributed by atoms with Crippen molar-refractivity contribution < 1.29 is 14.6 Å². The second kappa shape index (κ2) is 6.02. The van der Waals surface area contributed by atoms with E-state index < -0.39 is 5.97 Å². The first-order valence-corrected chi connectivity index (χ1v) is 6.47. The molecule has 1 aliphatic heterocycles. The van der Waals surface area contributed by atoms with E-state index >= 15 is 0 Å². The average Bonchev–Trinajstić information content (AvgIpc) is 2.37. The number of anilines is 1. The van der Waals surface area contributed by atoms with Gasteiger partial charge in [0.05, 0.1) is 19.2 Å². The van der Waals surface area contributed by atoms with Crippen LogP contribution in [-0.2, 0) is 9.53 Å². The highest BCUT2D eigenvalue weighted by Crippen LogP contribution is 2.26. The summed E-state index contributed by atoms with van der Waals surface area (Å²) < 4.78 is 6.22. The molecule has 0 aliphatic carbocycles. The van der Waals surface area contributed by atoms with E-state index in [-0.39, 0.29) is 0 Å². The van der Waals surface area contributed by atoms with Crippen molar-refractivity contribution in [2.45, 2.75) is 0 Å². The van der Waals surface area contributed by atoms with Crippen LogP contribution in [0.3, 0.4) is 0 Å². The number of carbonyl (C=O) groups excluding carboxylic acids is 1. The molecule has 1 heterocycles. The number of carbonyl (C=O) groups is 1. The van der Waals surface area contributed by atoms with E-state index in [1.54, 1.807) is 6.08 Å². The first kappa shape index (κ1) is 13.1. The molecular weight excluding hydrogens is 298 g/mol. The molecule has 18 heavy (non-hydrogen) atoms. The summed E-state index contributed by atoms with van der Waals surface area (Å²) in [6.07, 6.45) is 2.61. The van der Waals surface area contributed by atoms with Gasteiger partial charge in [-0.3, -0.25) is 0 Å². The quantitative estimate of drug-likeness (QED) is 0.783. The predicted molar refractivity (Wildman–Crippen MR) is 71.2 cm³/mol. The molecule has 0 atom stereocenters. The van der Waals surface area contributed by atoms with Crippen molar-refractivity contribution in [2.75, 3.05) is 31.2 Å². The van der Waals surface area contributed by atoms with Crippen LogP contribution in [0.2, 0.25) is 0 Å². The monoisotopic (exact) mass is 310 g/mol. The van der Waals surface area contributed by atoms with Crippen LogP contribution in [0.1, 0.15) is 5.56 Å². The van der Waals surface area contributed by atoms with Crippen LogP contribution in [0.25, 0.3) is 6.08 Å². The molecule has 0 unspecified atom stereocenters. The van der Waals surface area contributed by atoms with E-state index in [0.717, 1.165) is 34.9 Å². The molecule has 1 aliphatic rings. The lowest BCUT2D eigenvalue weighted by Crippen LogP contribution is -2.36. The summed E-state index contributed by atoms with van der Waals surface area (Å²) in [4.78, 5) is 12.7. The van der Waals surface area contributed by atoms with Crippen LogP contribution < -0.4 is 10.0 Å². The van der Waals surface area contributed by atoms with Crippen molar-refractivity contribution in [1.82, 2.24) is 0 Å². The van der Waals surface area contributed by atoms with E-state index in [1.807, 2.05) is 18.2 Å². The van der Waals surface area contributed by atoms with Gasteiger partial charge < -0.3 is 19.5 Å². The maximum atomic E-state index is 10.5. The van der Waals surface area contributed by atoms with Crippen LogP contribution in [0.4, 0.5) is 5.69 Å². The molecule has 0 bridgehead atoms. The number of nitrogens with zero attached hydrogens (tertiary/aromatic N) is 1. The van der Waals surface area contributed by atoms with Gasteiger partial charge >= 0.3 is 0 Å². The van der Waals surface area contributed by atoms with Crippen LogP contribution in [-0.4, -0.2) is 32.3 Å². The Balaban J connectivity index is 2.30. The number of morpholine rings is 1. The third-order valence-electron chi connectivity index (χ3n) is 2.74. The molecule has 0 amide bonds. The van der Waals surface area contributed by atoms with Crippen LogP contribution in [0.15, 0.2) is 28.7 Å². The second-order valence-electron chi connectivity index (χ2n) is 3.95. The molecule has 5 heteroatoms. The first-order valence-electron chi connectivity index (χ1n) is 5.68. The zero-order chi connectivity index (χ0) is 13.0. The minimum atomic E-state index is -1.19. The topological polar surface area (TPSA) is 52.6 Å². The fourth-order valence-corrected chi connectivity index (χ4v) is 2.29. The van der Waals surface area contributed by atoms with Gasteiger partial charge in [0.1, 0.15) is 0 Å². The Morgan fingerprint density at radius 1 is 1.39 bits per heavy atom. The van der Waals surface area contributed by atoms with E-state index in [4.69, 9.17) is 4.74 Å². The summed E-state index contributed by atoms with van der Waals surface area (Å²) in [6.45, 7) is 3.01. The Labute approximate surface area is 114 Å². The van der Waals surface area contributed by atoms with Gasteiger partial charge in [-0.25, -0.2) is 0 Å². The highest BCUT2D eigenvalue weighted by atomic mass is 79.9. The summed E-state index contributed by atoms with van der Waals surface area (Å²) in [5.74, 6) is -1.19. The summed E-state index contributed by atoms with van der Waals surface area (Å²) in [7, 11) is 0. The molecule has 0 N–H and O–H groups in total. The molecule has 1 saturated heterocycles. The normalized spacial score (nSPS) is 16.2. The van der Waals surface area contributed by atoms with Crippen molar-refractivity contribution >= 4 is 33.7 Å². The van der Waals surface area contributed by atoms with Crippen LogP contribution in [0, 0.1) is 0 Å². The predicted octanol–water partition coefficient (Wildman–Crippen LogP) is 1.05. The van der Waals surface area contributed by atoms with E-state index in [2.05, 4.69) is 20.8 Å². The zero-order valence-corrected chi connectivity index (χ0v) is 11.4. The van der Waals surface area contributed by atoms with Crippen molar-refractivity contribution in [1.29, 1.82) is 0 Å². The third kappa shape index (κ3) is 3.34. The highest BCUT2D eigenvalue weighted by molar-refractivity contribution is 9.10. The number of aliphatic carboxylic acids is 1. The summed E-state index contributed by atoms with van der Waals surface area (Å²) in [6, 6.07) is 5.82. The molecular formula is C13H13BrNO3-. The molecule has 1 aromatic carbocycles. The molecule has 1 fully saturated rings. The number of carboxylic acid groups (broad SMARTS) is 1. The number of halogens is 1. The van der Waals surface area contributed by atoms with Gasteiger partial charge in [0.25, 0.3) is 0 Å². The molecule has 0 spiro atoms. The smallest absolute Gasteiger partial charge is 0.0643 e. The van der Waals surface area contributed by atoms with Crippen molar-refractivity contribution in [3.63, 3.8) is 0 Å². The largest absolute Gasteiger partial charge is 0.545 e. The van der Waals surface area contributed by atoms with E-state index in [1.165, 1.54) is 0 Å². The lowest BCUT2D eigenvalue weighted by molar-refractivity contribution is -0.297. The Hall–Kier alpha value is -1.33. The van der Waals surface area contributed by atoms with Crippen molar-refractivity contribution in [3.05, 3.63) is 34.3 Å². The lowest BCUT2D eigenvalue weighted by Gasteiger charge is -2.30. The zero-order valence-electron chi connectivity index (χ0n) is 9.77. The van der Waals surface area contributed by atoms with E-state index in [9.17, 15) is 9.90 Å². The SMILES string of the molecule is O=C([O-])/C=C/c1cc(Br)ccc1N1CCOCC1. The maximum absolute atomic E-state index is 10.5. The average molecular weight is 311 g/mol. The van der Waals surface area contributed by atoms with Gasteiger partial charge in [-0.2, -0.15) is 0 Å². The maximum Gasteiger partial charge on any atom is 0.0643 e. The van der Waals surface area contributed by atoms with Crippen molar-refractivity contribution in [2.24, 2.45) is 0 Å². The molecule has 0 saturated carbocycles. The lowest BCUT2D eigenvalue weighted by atomic mass is 10.1. The third-order valence-corrected chi connectivity index (χ3v) is 3.23. The number of hydrogen-bond acceptors (Lipinski definition) is 4. The first-order chi connectivity index (χ1) is 8.66. The van der Waals surface area contributed by atoms with Gasteiger partial charge in [-0.05, 0) is 29.8 Å². The fourth-order valence-electron chi connectivity index (χ4n) is 1.91. The second-order valence-corrected chi connectivity index (χ2v) is 4.87. The summed E-state index contributed by atoms with van der Waals surface area (Å²) in [5.41, 5.74) is 1.87. The van der Waals surface area contributed by atoms with Gasteiger partial charge in [0, 0.05) is 23.2 Å². The molecule has 0 radical (unpaired) electrons. The molecule has 1 aromatic rings. The van der Waals surface area contributed by atoms with Gasteiger partial charge in [-0.15, -0.1) is 0 Å². The number of ether oxygens (including phenoxy) is 1. The van der Waals surface area contributed by atoms with Gasteiger partial charge in [0.2, 0.25) is 0 Å². The Kier molecular flexibility index (Phi) is 4.38. The Bertz CT molecular complexity index is 467. The van der Waals surface area contributed by atoms with Crippen LogP contribution in [0.5, 0.6) is 0 Å². The number of carboxylic acids is 1. The molecule has 2 rings (SSSR count). The minimum absolute atomic E-state index is 0.694. The molecule has 4 nitrogen and oxygen atoms in total. The Morgan fingerprint density at radius 3 is 2.78 bits per heavy atom. The standard InChI is InChI=1S/C13H14BrNO3/c14-11-2-3-12(15-5-7-18-8-6-15)10(9-11)1-4-13(16)17/h1-4,9H,5-8H2,(H,16,17)/p-1/b4-1+. The molecule has 0 aromatic heterocycles. The highest BCUT2D eigenvalue weighted by Gasteiger charge is 2.13. The Morgan fingerprint density at radius 2 is 2.11 bits per heavy atom. The van der Waals surface area contributed by atoms with Gasteiger partial charge in [-0.1, -0.05) is 22.0 Å². The van der Waals surface area contributed by atoms with Crippen LogP contribution >= 0.6 is 15.9 Å². The molecule has 96 valence electrons. The summed E-state index contributed by atoms with van der Waals surface area (Å²) >= 11 is 3.39. The van der Waals surface area contributed by atoms with Crippen molar-refractivity contribution in [3.8, 4) is 0 Å². The van der Waals surface area contributed by atoms with E-state index in [0.29, 0.717) is 13.2 Å². The number of benzene rings is 1. The number of rotatable bonds is 3. The minimum Gasteiger partial charge on any atom is -0.545 e. The summed E-state index contributed by atoms with van der Waals surface area (Å²) in [5, 5.41) is 10.5. The fraction of sp³-hybridized carbons (Fsp3) is 0.308.